The lowest BCUT2D eigenvalue weighted by molar-refractivity contribution is 0.0191. The molecule has 0 heterocycles. The molecule has 1 aromatic carbocycles. The fourth-order valence-electron chi connectivity index (χ4n) is 1.24. The molecule has 0 aliphatic rings. The van der Waals surface area contributed by atoms with Crippen molar-refractivity contribution in [1.82, 2.24) is 0 Å². The highest BCUT2D eigenvalue weighted by Gasteiger charge is 2.19. The van der Waals surface area contributed by atoms with Crippen LogP contribution in [0, 0.1) is 0 Å². The van der Waals surface area contributed by atoms with Crippen LogP contribution in [0.15, 0.2) is 24.3 Å². The predicted octanol–water partition coefficient (Wildman–Crippen LogP) is 2.35. The van der Waals surface area contributed by atoms with Gasteiger partial charge in [-0.3, -0.25) is 0 Å². The molecule has 0 amide bonds. The van der Waals surface area contributed by atoms with Gasteiger partial charge in [0.15, 0.2) is 0 Å². The zero-order chi connectivity index (χ0) is 11.5. The number of benzene rings is 1. The Morgan fingerprint density at radius 1 is 1.13 bits per heavy atom. The van der Waals surface area contributed by atoms with E-state index in [1.54, 1.807) is 19.2 Å². The van der Waals surface area contributed by atoms with Gasteiger partial charge < -0.3 is 9.47 Å². The van der Waals surface area contributed by atoms with Crippen molar-refractivity contribution in [2.75, 3.05) is 14.2 Å². The van der Waals surface area contributed by atoms with Crippen LogP contribution in [0.4, 0.5) is 0 Å². The number of esters is 1. The maximum absolute atomic E-state index is 11.2. The maximum Gasteiger partial charge on any atom is 0.337 e. The monoisotopic (exact) mass is 208 g/mol. The van der Waals surface area contributed by atoms with E-state index in [4.69, 9.17) is 4.74 Å². The van der Waals surface area contributed by atoms with Crippen molar-refractivity contribution in [3.8, 4) is 0 Å². The highest BCUT2D eigenvalue weighted by atomic mass is 16.5. The van der Waals surface area contributed by atoms with Crippen LogP contribution >= 0.6 is 0 Å². The van der Waals surface area contributed by atoms with Gasteiger partial charge in [0.2, 0.25) is 0 Å². The summed E-state index contributed by atoms with van der Waals surface area (Å²) in [4.78, 5) is 11.2. The second-order valence-electron chi connectivity index (χ2n) is 3.78. The van der Waals surface area contributed by atoms with E-state index in [1.165, 1.54) is 7.11 Å². The molecular formula is C12H16O3. The Morgan fingerprint density at radius 2 is 1.67 bits per heavy atom. The van der Waals surface area contributed by atoms with E-state index in [0.717, 1.165) is 5.56 Å². The number of carbonyl (C=O) groups excluding carboxylic acids is 1. The fourth-order valence-corrected chi connectivity index (χ4v) is 1.24. The molecule has 0 saturated carbocycles. The standard InChI is InChI=1S/C12H16O3/c1-12(2,15-4)10-7-5-9(6-8-10)11(13)14-3/h5-8H,1-4H3. The van der Waals surface area contributed by atoms with Crippen molar-refractivity contribution < 1.29 is 14.3 Å². The van der Waals surface area contributed by atoms with Crippen LogP contribution in [-0.2, 0) is 15.1 Å². The van der Waals surface area contributed by atoms with E-state index in [2.05, 4.69) is 4.74 Å². The third-order valence-corrected chi connectivity index (χ3v) is 2.51. The number of hydrogen-bond donors (Lipinski definition) is 0. The minimum atomic E-state index is -0.339. The van der Waals surface area contributed by atoms with Gasteiger partial charge in [0.25, 0.3) is 0 Å². The van der Waals surface area contributed by atoms with Crippen molar-refractivity contribution in [2.24, 2.45) is 0 Å². The molecule has 0 aliphatic heterocycles. The summed E-state index contributed by atoms with van der Waals surface area (Å²) in [5.41, 5.74) is 1.24. The smallest absolute Gasteiger partial charge is 0.337 e. The molecule has 3 nitrogen and oxygen atoms in total. The quantitative estimate of drug-likeness (QED) is 0.715. The van der Waals surface area contributed by atoms with E-state index >= 15 is 0 Å². The van der Waals surface area contributed by atoms with Crippen LogP contribution in [0.5, 0.6) is 0 Å². The lowest BCUT2D eigenvalue weighted by Crippen LogP contribution is -2.19. The summed E-state index contributed by atoms with van der Waals surface area (Å²) in [5.74, 6) is -0.322. The van der Waals surface area contributed by atoms with Crippen LogP contribution in [0.25, 0.3) is 0 Å². The van der Waals surface area contributed by atoms with Crippen molar-refractivity contribution in [3.05, 3.63) is 35.4 Å². The molecule has 0 atom stereocenters. The van der Waals surface area contributed by atoms with Crippen LogP contribution in [0.2, 0.25) is 0 Å². The molecule has 1 rings (SSSR count). The first-order chi connectivity index (χ1) is 7.01. The summed E-state index contributed by atoms with van der Waals surface area (Å²) in [6, 6.07) is 7.22. The van der Waals surface area contributed by atoms with E-state index in [1.807, 2.05) is 26.0 Å². The summed E-state index contributed by atoms with van der Waals surface area (Å²) < 4.78 is 9.95. The van der Waals surface area contributed by atoms with Gasteiger partial charge in [-0.1, -0.05) is 12.1 Å². The number of ether oxygens (including phenoxy) is 2. The van der Waals surface area contributed by atoms with Crippen LogP contribution in [-0.4, -0.2) is 20.2 Å². The van der Waals surface area contributed by atoms with Crippen LogP contribution in [0.3, 0.4) is 0 Å². The van der Waals surface area contributed by atoms with Gasteiger partial charge in [0.1, 0.15) is 0 Å². The predicted molar refractivity (Wildman–Crippen MR) is 57.8 cm³/mol. The summed E-state index contributed by atoms with van der Waals surface area (Å²) in [5, 5.41) is 0. The van der Waals surface area contributed by atoms with Gasteiger partial charge in [-0.2, -0.15) is 0 Å². The molecular weight excluding hydrogens is 192 g/mol. The van der Waals surface area contributed by atoms with E-state index in [0.29, 0.717) is 5.56 Å². The number of carbonyl (C=O) groups is 1. The Balaban J connectivity index is 2.95. The van der Waals surface area contributed by atoms with Gasteiger partial charge in [-0.05, 0) is 31.5 Å². The fraction of sp³-hybridized carbons (Fsp3) is 0.417. The van der Waals surface area contributed by atoms with Gasteiger partial charge in [0.05, 0.1) is 18.3 Å². The molecule has 82 valence electrons. The summed E-state index contributed by atoms with van der Waals surface area (Å²) >= 11 is 0. The van der Waals surface area contributed by atoms with E-state index in [9.17, 15) is 4.79 Å². The average molecular weight is 208 g/mol. The molecule has 0 unspecified atom stereocenters. The zero-order valence-corrected chi connectivity index (χ0v) is 9.53. The minimum absolute atomic E-state index is 0.322. The van der Waals surface area contributed by atoms with Crippen LogP contribution < -0.4 is 0 Å². The third kappa shape index (κ3) is 2.57. The Morgan fingerprint density at radius 3 is 2.07 bits per heavy atom. The molecule has 15 heavy (non-hydrogen) atoms. The van der Waals surface area contributed by atoms with Crippen molar-refractivity contribution in [2.45, 2.75) is 19.4 Å². The third-order valence-electron chi connectivity index (χ3n) is 2.51. The Hall–Kier alpha value is -1.35. The molecule has 0 aromatic heterocycles. The summed E-state index contributed by atoms with van der Waals surface area (Å²) in [6.45, 7) is 3.94. The second-order valence-corrected chi connectivity index (χ2v) is 3.78. The molecule has 0 aliphatic carbocycles. The molecule has 0 saturated heterocycles. The largest absolute Gasteiger partial charge is 0.465 e. The first-order valence-corrected chi connectivity index (χ1v) is 4.75. The Kier molecular flexibility index (Phi) is 3.48. The topological polar surface area (TPSA) is 35.5 Å². The lowest BCUT2D eigenvalue weighted by atomic mass is 9.97. The summed E-state index contributed by atoms with van der Waals surface area (Å²) in [7, 11) is 3.03. The molecule has 0 spiro atoms. The maximum atomic E-state index is 11.2. The van der Waals surface area contributed by atoms with E-state index in [-0.39, 0.29) is 11.6 Å². The van der Waals surface area contributed by atoms with Gasteiger partial charge >= 0.3 is 5.97 Å². The minimum Gasteiger partial charge on any atom is -0.465 e. The Bertz CT molecular complexity index is 338. The lowest BCUT2D eigenvalue weighted by Gasteiger charge is -2.23. The summed E-state index contributed by atoms with van der Waals surface area (Å²) in [6.07, 6.45) is 0. The molecule has 3 heteroatoms. The highest BCUT2D eigenvalue weighted by molar-refractivity contribution is 5.89. The van der Waals surface area contributed by atoms with E-state index < -0.39 is 0 Å². The first-order valence-electron chi connectivity index (χ1n) is 4.75. The van der Waals surface area contributed by atoms with Crippen molar-refractivity contribution in [3.63, 3.8) is 0 Å². The normalized spacial score (nSPS) is 11.2. The average Bonchev–Trinajstić information content (AvgIpc) is 2.28. The van der Waals surface area contributed by atoms with Crippen molar-refractivity contribution >= 4 is 5.97 Å². The number of hydrogen-bond acceptors (Lipinski definition) is 3. The van der Waals surface area contributed by atoms with Crippen LogP contribution in [0.1, 0.15) is 29.8 Å². The molecule has 1 aromatic rings. The zero-order valence-electron chi connectivity index (χ0n) is 9.53. The molecule has 0 bridgehead atoms. The molecule has 0 fully saturated rings. The number of rotatable bonds is 3. The highest BCUT2D eigenvalue weighted by Crippen LogP contribution is 2.23. The Labute approximate surface area is 90.0 Å². The van der Waals surface area contributed by atoms with Gasteiger partial charge in [-0.15, -0.1) is 0 Å². The number of methoxy groups -OCH3 is 2. The first kappa shape index (κ1) is 11.7. The van der Waals surface area contributed by atoms with Gasteiger partial charge in [0, 0.05) is 7.11 Å². The SMILES string of the molecule is COC(=O)c1ccc(C(C)(C)OC)cc1. The van der Waals surface area contributed by atoms with Gasteiger partial charge in [-0.25, -0.2) is 4.79 Å². The molecule has 0 radical (unpaired) electrons. The molecule has 0 N–H and O–H groups in total. The van der Waals surface area contributed by atoms with Crippen molar-refractivity contribution in [1.29, 1.82) is 0 Å². The second kappa shape index (κ2) is 4.45.